The number of rotatable bonds is 7. The van der Waals surface area contributed by atoms with Crippen molar-refractivity contribution < 1.29 is 9.53 Å². The Hall–Kier alpha value is -1.81. The highest BCUT2D eigenvalue weighted by atomic mass is 16.5. The average molecular weight is 288 g/mol. The fraction of sp³-hybridized carbons (Fsp3) is 0.471. The summed E-state index contributed by atoms with van der Waals surface area (Å²) in [6, 6.07) is 5.80. The zero-order chi connectivity index (χ0) is 15.2. The summed E-state index contributed by atoms with van der Waals surface area (Å²) in [7, 11) is 2.11. The Morgan fingerprint density at radius 1 is 1.33 bits per heavy atom. The number of aromatic amines is 1. The predicted octanol–water partition coefficient (Wildman–Crippen LogP) is 3.37. The molecule has 0 saturated carbocycles. The monoisotopic (exact) mass is 288 g/mol. The normalized spacial score (nSPS) is 11.2. The average Bonchev–Trinajstić information content (AvgIpc) is 2.89. The lowest BCUT2D eigenvalue weighted by molar-refractivity contribution is -0.134. The molecule has 0 aliphatic rings. The molecule has 0 radical (unpaired) electrons. The summed E-state index contributed by atoms with van der Waals surface area (Å²) in [5.74, 6) is 0.504. The molecule has 2 rings (SSSR count). The van der Waals surface area contributed by atoms with Crippen molar-refractivity contribution in [3.05, 3.63) is 30.0 Å². The number of nitrogens with one attached hydrogen (secondary N) is 1. The molecule has 0 bridgehead atoms. The van der Waals surface area contributed by atoms with Gasteiger partial charge in [-0.3, -0.25) is 4.79 Å². The van der Waals surface area contributed by atoms with Crippen LogP contribution in [0.3, 0.4) is 0 Å². The second kappa shape index (κ2) is 7.27. The summed E-state index contributed by atoms with van der Waals surface area (Å²) in [6.45, 7) is 6.14. The highest BCUT2D eigenvalue weighted by molar-refractivity contribution is 5.91. The molecular weight excluding hydrogens is 264 g/mol. The highest BCUT2D eigenvalue weighted by Gasteiger charge is 2.12. The zero-order valence-corrected chi connectivity index (χ0v) is 13.1. The van der Waals surface area contributed by atoms with Crippen LogP contribution in [0.25, 0.3) is 10.9 Å². The van der Waals surface area contributed by atoms with Crippen LogP contribution in [0.4, 0.5) is 0 Å². The van der Waals surface area contributed by atoms with Gasteiger partial charge < -0.3 is 14.6 Å². The van der Waals surface area contributed by atoms with E-state index in [4.69, 9.17) is 4.74 Å². The lowest BCUT2D eigenvalue weighted by Gasteiger charge is -2.13. The van der Waals surface area contributed by atoms with Crippen LogP contribution in [-0.2, 0) is 11.2 Å². The van der Waals surface area contributed by atoms with Crippen LogP contribution in [-0.4, -0.2) is 36.0 Å². The number of benzene rings is 1. The van der Waals surface area contributed by atoms with Gasteiger partial charge in [0.25, 0.3) is 0 Å². The van der Waals surface area contributed by atoms with Crippen molar-refractivity contribution in [3.63, 3.8) is 0 Å². The van der Waals surface area contributed by atoms with Gasteiger partial charge in [-0.2, -0.15) is 0 Å². The van der Waals surface area contributed by atoms with Crippen molar-refractivity contribution in [1.29, 1.82) is 0 Å². The molecule has 1 heterocycles. The summed E-state index contributed by atoms with van der Waals surface area (Å²) in [5, 5.41) is 1.03. The lowest BCUT2D eigenvalue weighted by atomic mass is 10.1. The molecule has 0 saturated heterocycles. The van der Waals surface area contributed by atoms with Crippen LogP contribution in [0, 0.1) is 0 Å². The lowest BCUT2D eigenvalue weighted by Crippen LogP contribution is -2.20. The number of likely N-dealkylation sites (N-methyl/N-ethyl adjacent to an activating group) is 1. The maximum absolute atomic E-state index is 11.8. The standard InChI is InChI=1S/C17H24N2O2/c1-4-7-16(20)21-15-9-6-8-14-17(15)13(12-18-14)10-11-19(3)5-2/h6,8-9,12,18H,4-5,7,10-11H2,1-3H3. The largest absolute Gasteiger partial charge is 0.426 e. The number of nitrogens with zero attached hydrogens (tertiary/aromatic N) is 1. The molecule has 0 aliphatic carbocycles. The van der Waals surface area contributed by atoms with Crippen molar-refractivity contribution in [2.75, 3.05) is 20.1 Å². The topological polar surface area (TPSA) is 45.3 Å². The number of hydrogen-bond donors (Lipinski definition) is 1. The van der Waals surface area contributed by atoms with Crippen LogP contribution < -0.4 is 4.74 Å². The molecule has 0 fully saturated rings. The first-order valence-electron chi connectivity index (χ1n) is 7.63. The van der Waals surface area contributed by atoms with Crippen LogP contribution in [0.1, 0.15) is 32.3 Å². The first-order valence-corrected chi connectivity index (χ1v) is 7.63. The number of esters is 1. The third-order valence-corrected chi connectivity index (χ3v) is 3.73. The number of carbonyl (C=O) groups excluding carboxylic acids is 1. The van der Waals surface area contributed by atoms with E-state index in [1.54, 1.807) is 0 Å². The zero-order valence-electron chi connectivity index (χ0n) is 13.1. The first kappa shape index (κ1) is 15.6. The van der Waals surface area contributed by atoms with Crippen molar-refractivity contribution in [2.24, 2.45) is 0 Å². The van der Waals surface area contributed by atoms with Crippen molar-refractivity contribution in [2.45, 2.75) is 33.1 Å². The van der Waals surface area contributed by atoms with E-state index in [-0.39, 0.29) is 5.97 Å². The molecule has 4 nitrogen and oxygen atoms in total. The van der Waals surface area contributed by atoms with Gasteiger partial charge in [-0.1, -0.05) is 19.9 Å². The summed E-state index contributed by atoms with van der Waals surface area (Å²) in [6.07, 6.45) is 4.21. The van der Waals surface area contributed by atoms with E-state index in [1.165, 1.54) is 5.56 Å². The molecule has 0 unspecified atom stereocenters. The third kappa shape index (κ3) is 3.85. The van der Waals surface area contributed by atoms with E-state index in [0.717, 1.165) is 36.8 Å². The maximum atomic E-state index is 11.8. The van der Waals surface area contributed by atoms with Gasteiger partial charge in [-0.15, -0.1) is 0 Å². The fourth-order valence-electron chi connectivity index (χ4n) is 2.35. The molecular formula is C17H24N2O2. The summed E-state index contributed by atoms with van der Waals surface area (Å²) >= 11 is 0. The van der Waals surface area contributed by atoms with Gasteiger partial charge in [0.2, 0.25) is 0 Å². The number of H-pyrrole nitrogens is 1. The summed E-state index contributed by atoms with van der Waals surface area (Å²) in [5.41, 5.74) is 2.22. The minimum absolute atomic E-state index is 0.164. The number of fused-ring (bicyclic) bond motifs is 1. The van der Waals surface area contributed by atoms with Gasteiger partial charge in [0.1, 0.15) is 5.75 Å². The van der Waals surface area contributed by atoms with Crippen molar-refractivity contribution in [3.8, 4) is 5.75 Å². The van der Waals surface area contributed by atoms with Gasteiger partial charge in [0.05, 0.1) is 0 Å². The van der Waals surface area contributed by atoms with E-state index < -0.39 is 0 Å². The molecule has 2 aromatic rings. The van der Waals surface area contributed by atoms with Gasteiger partial charge in [-0.05, 0) is 44.1 Å². The molecule has 1 aromatic heterocycles. The minimum atomic E-state index is -0.164. The predicted molar refractivity (Wildman–Crippen MR) is 85.7 cm³/mol. The van der Waals surface area contributed by atoms with Crippen molar-refractivity contribution in [1.82, 2.24) is 9.88 Å². The SMILES string of the molecule is CCCC(=O)Oc1cccc2[nH]cc(CCN(C)CC)c12. The van der Waals surface area contributed by atoms with E-state index in [0.29, 0.717) is 12.2 Å². The summed E-state index contributed by atoms with van der Waals surface area (Å²) < 4.78 is 5.53. The van der Waals surface area contributed by atoms with E-state index in [2.05, 4.69) is 23.9 Å². The Bertz CT molecular complexity index is 604. The smallest absolute Gasteiger partial charge is 0.311 e. The quantitative estimate of drug-likeness (QED) is 0.627. The third-order valence-electron chi connectivity index (χ3n) is 3.73. The van der Waals surface area contributed by atoms with E-state index in [9.17, 15) is 4.79 Å². The summed E-state index contributed by atoms with van der Waals surface area (Å²) in [4.78, 5) is 17.3. The number of hydrogen-bond acceptors (Lipinski definition) is 3. The molecule has 0 spiro atoms. The Kier molecular flexibility index (Phi) is 5.39. The Labute approximate surface area is 126 Å². The second-order valence-electron chi connectivity index (χ2n) is 5.36. The van der Waals surface area contributed by atoms with E-state index in [1.807, 2.05) is 31.3 Å². The maximum Gasteiger partial charge on any atom is 0.311 e. The van der Waals surface area contributed by atoms with Crippen molar-refractivity contribution >= 4 is 16.9 Å². The van der Waals surface area contributed by atoms with Gasteiger partial charge >= 0.3 is 5.97 Å². The number of aromatic nitrogens is 1. The Balaban J connectivity index is 2.24. The molecule has 0 aliphatic heterocycles. The Morgan fingerprint density at radius 2 is 2.14 bits per heavy atom. The van der Waals surface area contributed by atoms with Gasteiger partial charge in [-0.25, -0.2) is 0 Å². The van der Waals surface area contributed by atoms with Crippen LogP contribution >= 0.6 is 0 Å². The fourth-order valence-corrected chi connectivity index (χ4v) is 2.35. The molecule has 0 atom stereocenters. The Morgan fingerprint density at radius 3 is 2.86 bits per heavy atom. The van der Waals surface area contributed by atoms with E-state index >= 15 is 0 Å². The highest BCUT2D eigenvalue weighted by Crippen LogP contribution is 2.29. The number of ether oxygens (including phenoxy) is 1. The van der Waals surface area contributed by atoms with Crippen LogP contribution in [0.5, 0.6) is 5.75 Å². The van der Waals surface area contributed by atoms with Crippen LogP contribution in [0.15, 0.2) is 24.4 Å². The molecule has 1 aromatic carbocycles. The molecule has 21 heavy (non-hydrogen) atoms. The minimum Gasteiger partial charge on any atom is -0.426 e. The second-order valence-corrected chi connectivity index (χ2v) is 5.36. The molecule has 1 N–H and O–H groups in total. The molecule has 0 amide bonds. The molecule has 4 heteroatoms. The van der Waals surface area contributed by atoms with Gasteiger partial charge in [0.15, 0.2) is 0 Å². The van der Waals surface area contributed by atoms with Crippen LogP contribution in [0.2, 0.25) is 0 Å². The molecule has 114 valence electrons. The van der Waals surface area contributed by atoms with Gasteiger partial charge in [0, 0.05) is 30.1 Å². The number of carbonyl (C=O) groups is 1. The first-order chi connectivity index (χ1) is 10.2.